The third-order valence-electron chi connectivity index (χ3n) is 5.45. The number of carbonyl (C=O) groups excluding carboxylic acids is 4. The van der Waals surface area contributed by atoms with E-state index in [-0.39, 0.29) is 16.8 Å². The minimum atomic E-state index is -2.80. The SMILES string of the molecule is COC(=O)C[C@@]1(C(=O)OC)N(c2ccc(Br)cc2)C(=O)c2ccccc2[C@@]1(O)C(=O)OC. The highest BCUT2D eigenvalue weighted by molar-refractivity contribution is 9.10. The quantitative estimate of drug-likeness (QED) is 0.483. The molecule has 0 saturated heterocycles. The standard InChI is InChI=1S/C22H20BrNO8/c1-30-17(25)12-21(19(27)31-2)22(29,20(28)32-3)16-7-5-4-6-15(16)18(26)24(21)14-10-8-13(23)9-11-14/h4-11,29H,12H2,1-3H3/t21-,22+/m0/s1. The van der Waals surface area contributed by atoms with E-state index in [4.69, 9.17) is 14.2 Å². The number of hydrogen-bond acceptors (Lipinski definition) is 8. The molecule has 1 N–H and O–H groups in total. The van der Waals surface area contributed by atoms with Crippen molar-refractivity contribution in [3.05, 3.63) is 64.1 Å². The lowest BCUT2D eigenvalue weighted by molar-refractivity contribution is -0.186. The first kappa shape index (κ1) is 23.4. The van der Waals surface area contributed by atoms with Gasteiger partial charge >= 0.3 is 17.9 Å². The van der Waals surface area contributed by atoms with Crippen LogP contribution in [-0.4, -0.2) is 55.8 Å². The molecule has 3 rings (SSSR count). The molecule has 0 unspecified atom stereocenters. The lowest BCUT2D eigenvalue weighted by atomic mass is 9.66. The molecule has 0 fully saturated rings. The van der Waals surface area contributed by atoms with Gasteiger partial charge in [-0.05, 0) is 30.3 Å². The van der Waals surface area contributed by atoms with Crippen molar-refractivity contribution in [2.24, 2.45) is 0 Å². The van der Waals surface area contributed by atoms with Crippen LogP contribution in [0.3, 0.4) is 0 Å². The van der Waals surface area contributed by atoms with Gasteiger partial charge in [-0.25, -0.2) is 9.59 Å². The summed E-state index contributed by atoms with van der Waals surface area (Å²) >= 11 is 3.30. The van der Waals surface area contributed by atoms with Crippen LogP contribution in [-0.2, 0) is 34.2 Å². The lowest BCUT2D eigenvalue weighted by Gasteiger charge is -2.52. The molecule has 1 aliphatic heterocycles. The molecule has 2 aromatic rings. The van der Waals surface area contributed by atoms with Crippen LogP contribution >= 0.6 is 15.9 Å². The van der Waals surface area contributed by atoms with Gasteiger partial charge in [0.05, 0.1) is 27.8 Å². The van der Waals surface area contributed by atoms with E-state index in [2.05, 4.69) is 15.9 Å². The summed E-state index contributed by atoms with van der Waals surface area (Å²) in [7, 11) is 3.11. The summed E-state index contributed by atoms with van der Waals surface area (Å²) in [6.07, 6.45) is -0.891. The first-order valence-corrected chi connectivity index (χ1v) is 10.1. The Labute approximate surface area is 192 Å². The van der Waals surface area contributed by atoms with E-state index >= 15 is 0 Å². The van der Waals surface area contributed by atoms with E-state index < -0.39 is 41.4 Å². The van der Waals surface area contributed by atoms with Crippen molar-refractivity contribution in [1.29, 1.82) is 0 Å². The van der Waals surface area contributed by atoms with Gasteiger partial charge in [0, 0.05) is 21.3 Å². The van der Waals surface area contributed by atoms with Crippen molar-refractivity contribution in [1.82, 2.24) is 0 Å². The second-order valence-corrected chi connectivity index (χ2v) is 7.88. The number of halogens is 1. The number of methoxy groups -OCH3 is 3. The van der Waals surface area contributed by atoms with Gasteiger partial charge in [0.25, 0.3) is 5.91 Å². The molecule has 0 aliphatic carbocycles. The minimum absolute atomic E-state index is 0.0484. The smallest absolute Gasteiger partial charge is 0.345 e. The second-order valence-electron chi connectivity index (χ2n) is 6.97. The van der Waals surface area contributed by atoms with Gasteiger partial charge in [-0.1, -0.05) is 34.1 Å². The zero-order chi connectivity index (χ0) is 23.7. The Balaban J connectivity index is 2.51. The summed E-state index contributed by atoms with van der Waals surface area (Å²) in [5.41, 5.74) is -5.49. The molecule has 1 heterocycles. The average Bonchev–Trinajstić information content (AvgIpc) is 2.82. The zero-order valence-corrected chi connectivity index (χ0v) is 19.0. The lowest BCUT2D eigenvalue weighted by Crippen LogP contribution is -2.75. The molecule has 1 amide bonds. The molecular formula is C22H20BrNO8. The van der Waals surface area contributed by atoms with Gasteiger partial charge in [0.15, 0.2) is 5.54 Å². The molecular weight excluding hydrogens is 486 g/mol. The van der Waals surface area contributed by atoms with Gasteiger partial charge in [-0.3, -0.25) is 14.5 Å². The molecule has 9 nitrogen and oxygen atoms in total. The van der Waals surface area contributed by atoms with Crippen molar-refractivity contribution in [3.8, 4) is 0 Å². The number of aliphatic hydroxyl groups is 1. The summed E-state index contributed by atoms with van der Waals surface area (Å²) in [6.45, 7) is 0. The Morgan fingerprint density at radius 2 is 1.53 bits per heavy atom. The predicted molar refractivity (Wildman–Crippen MR) is 115 cm³/mol. The van der Waals surface area contributed by atoms with Crippen LogP contribution in [0.4, 0.5) is 5.69 Å². The maximum Gasteiger partial charge on any atom is 0.345 e. The van der Waals surface area contributed by atoms with Crippen LogP contribution in [0.1, 0.15) is 22.3 Å². The van der Waals surface area contributed by atoms with Crippen LogP contribution in [0.5, 0.6) is 0 Å². The summed E-state index contributed by atoms with van der Waals surface area (Å²) in [6, 6.07) is 11.9. The van der Waals surface area contributed by atoms with Gasteiger partial charge in [-0.2, -0.15) is 0 Å². The third-order valence-corrected chi connectivity index (χ3v) is 5.98. The molecule has 1 aliphatic rings. The fourth-order valence-electron chi connectivity index (χ4n) is 3.99. The third kappa shape index (κ3) is 3.26. The molecule has 32 heavy (non-hydrogen) atoms. The van der Waals surface area contributed by atoms with Crippen molar-refractivity contribution in [3.63, 3.8) is 0 Å². The Kier molecular flexibility index (Phi) is 6.38. The molecule has 2 atom stereocenters. The van der Waals surface area contributed by atoms with E-state index in [1.54, 1.807) is 18.2 Å². The maximum absolute atomic E-state index is 13.7. The number of ether oxygens (including phenoxy) is 3. The Morgan fingerprint density at radius 3 is 2.09 bits per heavy atom. The maximum atomic E-state index is 13.7. The predicted octanol–water partition coefficient (Wildman–Crippen LogP) is 1.94. The number of esters is 3. The second kappa shape index (κ2) is 8.71. The van der Waals surface area contributed by atoms with Crippen LogP contribution < -0.4 is 4.90 Å². The molecule has 168 valence electrons. The molecule has 0 radical (unpaired) electrons. The summed E-state index contributed by atoms with van der Waals surface area (Å²) in [5, 5.41) is 12.0. The Morgan fingerprint density at radius 1 is 0.938 bits per heavy atom. The zero-order valence-electron chi connectivity index (χ0n) is 17.5. The largest absolute Gasteiger partial charge is 0.469 e. The molecule has 0 bridgehead atoms. The highest BCUT2D eigenvalue weighted by Crippen LogP contribution is 2.49. The number of anilines is 1. The van der Waals surface area contributed by atoms with E-state index in [1.807, 2.05) is 0 Å². The summed E-state index contributed by atoms with van der Waals surface area (Å²) in [4.78, 5) is 53.6. The molecule has 0 saturated carbocycles. The van der Waals surface area contributed by atoms with Gasteiger partial charge in [-0.15, -0.1) is 0 Å². The fourth-order valence-corrected chi connectivity index (χ4v) is 4.25. The van der Waals surface area contributed by atoms with E-state index in [0.29, 0.717) is 4.47 Å². The molecule has 0 spiro atoms. The van der Waals surface area contributed by atoms with Gasteiger partial charge in [0.2, 0.25) is 5.60 Å². The Hall–Kier alpha value is -3.24. The first-order chi connectivity index (χ1) is 15.2. The summed E-state index contributed by atoms with van der Waals surface area (Å²) < 4.78 is 15.2. The monoisotopic (exact) mass is 505 g/mol. The molecule has 0 aromatic heterocycles. The number of rotatable bonds is 5. The van der Waals surface area contributed by atoms with Gasteiger partial charge in [0.1, 0.15) is 0 Å². The minimum Gasteiger partial charge on any atom is -0.469 e. The van der Waals surface area contributed by atoms with Crippen molar-refractivity contribution >= 4 is 45.4 Å². The first-order valence-electron chi connectivity index (χ1n) is 9.34. The highest BCUT2D eigenvalue weighted by atomic mass is 79.9. The molecule has 10 heteroatoms. The van der Waals surface area contributed by atoms with Crippen LogP contribution in [0.2, 0.25) is 0 Å². The van der Waals surface area contributed by atoms with E-state index in [9.17, 15) is 24.3 Å². The van der Waals surface area contributed by atoms with Crippen molar-refractivity contribution < 1.29 is 38.5 Å². The Bertz CT molecular complexity index is 1090. The number of nitrogens with zero attached hydrogens (tertiary/aromatic N) is 1. The normalized spacial score (nSPS) is 22.0. The van der Waals surface area contributed by atoms with Crippen molar-refractivity contribution in [2.45, 2.75) is 17.6 Å². The highest BCUT2D eigenvalue weighted by Gasteiger charge is 2.72. The number of fused-ring (bicyclic) bond motifs is 1. The number of amides is 1. The van der Waals surface area contributed by atoms with Crippen LogP contribution in [0.25, 0.3) is 0 Å². The van der Waals surface area contributed by atoms with E-state index in [1.165, 1.54) is 30.3 Å². The van der Waals surface area contributed by atoms with Crippen molar-refractivity contribution in [2.75, 3.05) is 26.2 Å². The molecule has 2 aromatic carbocycles. The number of hydrogen-bond donors (Lipinski definition) is 1. The topological polar surface area (TPSA) is 119 Å². The number of carbonyl (C=O) groups is 4. The fraction of sp³-hybridized carbons (Fsp3) is 0.273. The van der Waals surface area contributed by atoms with Crippen LogP contribution in [0, 0.1) is 0 Å². The van der Waals surface area contributed by atoms with Crippen LogP contribution in [0.15, 0.2) is 53.0 Å². The summed E-state index contributed by atoms with van der Waals surface area (Å²) in [5.74, 6) is -4.16. The number of benzene rings is 2. The average molecular weight is 506 g/mol. The van der Waals surface area contributed by atoms with E-state index in [0.717, 1.165) is 26.2 Å². The van der Waals surface area contributed by atoms with Gasteiger partial charge < -0.3 is 19.3 Å².